The topological polar surface area (TPSA) is 46.7 Å². The molecule has 1 spiro atoms. The smallest absolute Gasteiger partial charge is 0.288 e. The molecular weight excluding hydrogens is 228 g/mol. The maximum atomic E-state index is 10.5. The fourth-order valence-corrected chi connectivity index (χ4v) is 3.33. The molecule has 1 heterocycles. The van der Waals surface area contributed by atoms with Gasteiger partial charge in [0.25, 0.3) is 11.4 Å². The highest BCUT2D eigenvalue weighted by molar-refractivity contribution is 6.01. The lowest BCUT2D eigenvalue weighted by molar-refractivity contribution is -0.840. The molecule has 4 nitrogen and oxygen atoms in total. The summed E-state index contributed by atoms with van der Waals surface area (Å²) in [6.07, 6.45) is 3.70. The predicted molar refractivity (Wildman–Crippen MR) is 66.9 cm³/mol. The Morgan fingerprint density at radius 3 is 2.44 bits per heavy atom. The van der Waals surface area contributed by atoms with Crippen molar-refractivity contribution >= 4 is 5.71 Å². The summed E-state index contributed by atoms with van der Waals surface area (Å²) in [6.45, 7) is 1.93. The van der Waals surface area contributed by atoms with E-state index in [4.69, 9.17) is 0 Å². The first-order valence-corrected chi connectivity index (χ1v) is 6.56. The molecule has 2 N–H and O–H groups in total. The summed E-state index contributed by atoms with van der Waals surface area (Å²) in [5.74, 6) is 0. The van der Waals surface area contributed by atoms with Crippen LogP contribution in [0.3, 0.4) is 0 Å². The van der Waals surface area contributed by atoms with Crippen LogP contribution in [0.5, 0.6) is 0 Å². The van der Waals surface area contributed by atoms with Crippen molar-refractivity contribution in [3.8, 4) is 0 Å². The molecule has 1 fully saturated rings. The molecule has 1 aliphatic carbocycles. The van der Waals surface area contributed by atoms with E-state index >= 15 is 0 Å². The van der Waals surface area contributed by atoms with Crippen LogP contribution in [0.15, 0.2) is 30.3 Å². The van der Waals surface area contributed by atoms with Gasteiger partial charge in [-0.15, -0.1) is 5.06 Å². The normalized spacial score (nSPS) is 27.3. The summed E-state index contributed by atoms with van der Waals surface area (Å²) < 4.78 is 1.31. The molecule has 18 heavy (non-hydrogen) atoms. The van der Waals surface area contributed by atoms with Crippen molar-refractivity contribution in [2.45, 2.75) is 44.3 Å². The second kappa shape index (κ2) is 4.07. The second-order valence-corrected chi connectivity index (χ2v) is 5.27. The lowest BCUT2D eigenvalue weighted by Crippen LogP contribution is -2.49. The van der Waals surface area contributed by atoms with E-state index in [9.17, 15) is 10.4 Å². The molecule has 1 unspecified atom stereocenters. The van der Waals surface area contributed by atoms with E-state index in [2.05, 4.69) is 0 Å². The van der Waals surface area contributed by atoms with Crippen molar-refractivity contribution in [2.75, 3.05) is 0 Å². The van der Waals surface area contributed by atoms with Gasteiger partial charge in [-0.3, -0.25) is 5.21 Å². The monoisotopic (exact) mass is 247 g/mol. The summed E-state index contributed by atoms with van der Waals surface area (Å²) in [7, 11) is 0. The molecule has 1 aliphatic heterocycles. The van der Waals surface area contributed by atoms with Gasteiger partial charge >= 0.3 is 0 Å². The van der Waals surface area contributed by atoms with Crippen molar-refractivity contribution in [2.24, 2.45) is 0 Å². The molecule has 0 saturated heterocycles. The molecule has 2 aliphatic rings. The van der Waals surface area contributed by atoms with Gasteiger partial charge in [-0.05, 0) is 36.6 Å². The third-order valence-electron chi connectivity index (χ3n) is 4.29. The van der Waals surface area contributed by atoms with Crippen LogP contribution in [0, 0.1) is 0 Å². The minimum Gasteiger partial charge on any atom is -0.307 e. The highest BCUT2D eigenvalue weighted by atomic mass is 16.6. The van der Waals surface area contributed by atoms with Crippen LogP contribution in [-0.2, 0) is 0 Å². The van der Waals surface area contributed by atoms with Gasteiger partial charge in [0.15, 0.2) is 0 Å². The Bertz CT molecular complexity index is 478. The standard InChI is InChI=1S/C14H19N2O2/c1-11-13(12-7-3-2-4-8-12)16(18)14(15(11)17)9-5-6-10-14/h2-4,7-8,11,17-18H,5-6,9-10H2,1H3/q+1. The average Bonchev–Trinajstić information content (AvgIpc) is 2.95. The molecule has 1 atom stereocenters. The van der Waals surface area contributed by atoms with E-state index < -0.39 is 5.66 Å². The summed E-state index contributed by atoms with van der Waals surface area (Å²) in [5, 5.41) is 22.2. The van der Waals surface area contributed by atoms with Gasteiger partial charge in [0, 0.05) is 18.4 Å². The number of benzene rings is 1. The van der Waals surface area contributed by atoms with Gasteiger partial charge in [-0.25, -0.2) is 0 Å². The second-order valence-electron chi connectivity index (χ2n) is 5.27. The lowest BCUT2D eigenvalue weighted by atomic mass is 10.1. The molecule has 4 heteroatoms. The van der Waals surface area contributed by atoms with Gasteiger partial charge in [0.1, 0.15) is 6.04 Å². The summed E-state index contributed by atoms with van der Waals surface area (Å²) in [4.78, 5) is 0. The zero-order valence-electron chi connectivity index (χ0n) is 10.6. The van der Waals surface area contributed by atoms with Crippen LogP contribution in [0.1, 0.15) is 38.2 Å². The van der Waals surface area contributed by atoms with E-state index in [1.807, 2.05) is 37.3 Å². The van der Waals surface area contributed by atoms with Gasteiger partial charge in [-0.1, -0.05) is 18.2 Å². The van der Waals surface area contributed by atoms with E-state index in [-0.39, 0.29) is 6.04 Å². The van der Waals surface area contributed by atoms with Gasteiger partial charge < -0.3 is 5.21 Å². The third-order valence-corrected chi connectivity index (χ3v) is 4.29. The Morgan fingerprint density at radius 2 is 1.83 bits per heavy atom. The predicted octanol–water partition coefficient (Wildman–Crippen LogP) is 2.24. The molecule has 0 radical (unpaired) electrons. The number of hydrogen-bond donors (Lipinski definition) is 2. The largest absolute Gasteiger partial charge is 0.307 e. The zero-order chi connectivity index (χ0) is 12.8. The minimum absolute atomic E-state index is 0.185. The van der Waals surface area contributed by atoms with Gasteiger partial charge in [0.2, 0.25) is 0 Å². The van der Waals surface area contributed by atoms with Crippen LogP contribution < -0.4 is 0 Å². The number of nitrogens with zero attached hydrogens (tertiary/aromatic N) is 2. The Morgan fingerprint density at radius 1 is 1.22 bits per heavy atom. The summed E-state index contributed by atoms with van der Waals surface area (Å²) in [5.41, 5.74) is 1.15. The van der Waals surface area contributed by atoms with E-state index in [1.54, 1.807) is 0 Å². The average molecular weight is 247 g/mol. The molecule has 0 aromatic heterocycles. The fourth-order valence-electron chi connectivity index (χ4n) is 3.33. The first-order valence-electron chi connectivity index (χ1n) is 6.56. The van der Waals surface area contributed by atoms with E-state index in [0.717, 1.165) is 37.0 Å². The molecule has 1 aromatic carbocycles. The quantitative estimate of drug-likeness (QED) is 0.591. The van der Waals surface area contributed by atoms with Crippen molar-refractivity contribution in [1.82, 2.24) is 5.06 Å². The van der Waals surface area contributed by atoms with Crippen LogP contribution in [0.4, 0.5) is 0 Å². The van der Waals surface area contributed by atoms with Crippen molar-refractivity contribution in [3.05, 3.63) is 35.9 Å². The van der Waals surface area contributed by atoms with Gasteiger partial charge in [0.05, 0.1) is 0 Å². The summed E-state index contributed by atoms with van der Waals surface area (Å²) >= 11 is 0. The Balaban J connectivity index is 2.10. The SMILES string of the molecule is CC1C(c2ccccc2)=[N+](O)C2(CCCC2)N1O. The number of hydroxylamine groups is 3. The van der Waals surface area contributed by atoms with E-state index in [1.165, 1.54) is 9.80 Å². The molecule has 0 bridgehead atoms. The zero-order valence-corrected chi connectivity index (χ0v) is 10.6. The Kier molecular flexibility index (Phi) is 2.64. The van der Waals surface area contributed by atoms with Crippen LogP contribution in [0.2, 0.25) is 0 Å². The fraction of sp³-hybridized carbons (Fsp3) is 0.500. The first-order chi connectivity index (χ1) is 8.67. The Labute approximate surface area is 107 Å². The molecular formula is C14H19N2O2+. The highest BCUT2D eigenvalue weighted by Gasteiger charge is 2.61. The molecule has 96 valence electrons. The molecule has 1 saturated carbocycles. The molecule has 3 rings (SSSR count). The van der Waals surface area contributed by atoms with Crippen LogP contribution >= 0.6 is 0 Å². The highest BCUT2D eigenvalue weighted by Crippen LogP contribution is 2.40. The van der Waals surface area contributed by atoms with Crippen LogP contribution in [-0.4, -0.2) is 37.6 Å². The first kappa shape index (κ1) is 11.7. The van der Waals surface area contributed by atoms with Crippen LogP contribution in [0.25, 0.3) is 0 Å². The van der Waals surface area contributed by atoms with Crippen molar-refractivity contribution in [3.63, 3.8) is 0 Å². The third kappa shape index (κ3) is 1.42. The molecule has 0 amide bonds. The molecule has 1 aromatic rings. The Hall–Kier alpha value is -1.39. The number of hydrogen-bond acceptors (Lipinski definition) is 3. The van der Waals surface area contributed by atoms with Gasteiger partial charge in [-0.2, -0.15) is 0 Å². The lowest BCUT2D eigenvalue weighted by Gasteiger charge is -2.24. The maximum absolute atomic E-state index is 10.5. The van der Waals surface area contributed by atoms with Crippen molar-refractivity contribution < 1.29 is 15.2 Å². The van der Waals surface area contributed by atoms with E-state index in [0.29, 0.717) is 0 Å². The summed E-state index contributed by atoms with van der Waals surface area (Å²) in [6, 6.07) is 9.60. The minimum atomic E-state index is -0.607. The number of rotatable bonds is 1. The van der Waals surface area contributed by atoms with Crippen molar-refractivity contribution in [1.29, 1.82) is 0 Å². The maximum Gasteiger partial charge on any atom is 0.288 e.